The molecule has 0 aromatic carbocycles. The second-order valence-corrected chi connectivity index (χ2v) is 8.96. The number of aliphatic hydroxyl groups excluding tert-OH is 1. The fraction of sp³-hybridized carbons (Fsp3) is 0.750. The predicted molar refractivity (Wildman–Crippen MR) is 96.3 cm³/mol. The van der Waals surface area contributed by atoms with Crippen molar-refractivity contribution in [2.45, 2.75) is 84.0 Å². The maximum atomic E-state index is 9.53. The molecule has 24 heavy (non-hydrogen) atoms. The smallest absolute Gasteiger partial charge is 0.218 e. The number of nitrogens with zero attached hydrogens (tertiary/aromatic N) is 1. The lowest BCUT2D eigenvalue weighted by Gasteiger charge is -2.47. The average Bonchev–Trinajstić information content (AvgIpc) is 2.43. The van der Waals surface area contributed by atoms with Crippen molar-refractivity contribution in [1.82, 2.24) is 10.3 Å². The zero-order valence-electron chi connectivity index (χ0n) is 15.6. The lowest BCUT2D eigenvalue weighted by Crippen LogP contribution is -2.49. The SMILES string of the molecule is CC(O)CCNC1CC2(CCC2)Oc2ncc(CC(C)(C)C)cc21. The monoisotopic (exact) mass is 332 g/mol. The highest BCUT2D eigenvalue weighted by Gasteiger charge is 2.46. The Morgan fingerprint density at radius 2 is 2.17 bits per heavy atom. The lowest BCUT2D eigenvalue weighted by atomic mass is 9.73. The largest absolute Gasteiger partial charge is 0.471 e. The summed E-state index contributed by atoms with van der Waals surface area (Å²) in [5.41, 5.74) is 2.71. The molecule has 4 heteroatoms. The van der Waals surface area contributed by atoms with E-state index in [0.29, 0.717) is 0 Å². The Labute approximate surface area is 146 Å². The molecule has 3 rings (SSSR count). The third kappa shape index (κ3) is 4.09. The van der Waals surface area contributed by atoms with Crippen LogP contribution in [0, 0.1) is 5.41 Å². The van der Waals surface area contributed by atoms with Crippen molar-refractivity contribution in [2.24, 2.45) is 5.41 Å². The third-order valence-electron chi connectivity index (χ3n) is 5.15. The Bertz CT molecular complexity index is 573. The number of aromatic nitrogens is 1. The van der Waals surface area contributed by atoms with Crippen LogP contribution in [0.5, 0.6) is 5.88 Å². The fourth-order valence-corrected chi connectivity index (χ4v) is 3.81. The molecule has 1 fully saturated rings. The number of hydrogen-bond donors (Lipinski definition) is 2. The number of fused-ring (bicyclic) bond motifs is 1. The highest BCUT2D eigenvalue weighted by molar-refractivity contribution is 5.36. The Morgan fingerprint density at radius 1 is 1.42 bits per heavy atom. The molecule has 2 aliphatic rings. The summed E-state index contributed by atoms with van der Waals surface area (Å²) < 4.78 is 6.30. The van der Waals surface area contributed by atoms with E-state index in [1.165, 1.54) is 17.5 Å². The highest BCUT2D eigenvalue weighted by atomic mass is 16.5. The summed E-state index contributed by atoms with van der Waals surface area (Å²) in [5.74, 6) is 0.813. The van der Waals surface area contributed by atoms with E-state index in [2.05, 4.69) is 37.1 Å². The molecule has 2 unspecified atom stereocenters. The van der Waals surface area contributed by atoms with E-state index in [0.717, 1.165) is 44.5 Å². The van der Waals surface area contributed by atoms with Crippen molar-refractivity contribution in [3.63, 3.8) is 0 Å². The minimum absolute atomic E-state index is 0.00591. The van der Waals surface area contributed by atoms with Crippen LogP contribution in [0.15, 0.2) is 12.3 Å². The van der Waals surface area contributed by atoms with E-state index in [4.69, 9.17) is 4.74 Å². The van der Waals surface area contributed by atoms with Crippen LogP contribution < -0.4 is 10.1 Å². The number of aliphatic hydroxyl groups is 1. The molecule has 1 aromatic heterocycles. The number of hydrogen-bond acceptors (Lipinski definition) is 4. The minimum Gasteiger partial charge on any atom is -0.471 e. The first kappa shape index (κ1) is 17.7. The van der Waals surface area contributed by atoms with Crippen molar-refractivity contribution in [3.8, 4) is 5.88 Å². The fourth-order valence-electron chi connectivity index (χ4n) is 3.81. The molecule has 1 aliphatic heterocycles. The number of pyridine rings is 1. The maximum Gasteiger partial charge on any atom is 0.218 e. The molecule has 2 N–H and O–H groups in total. The summed E-state index contributed by atoms with van der Waals surface area (Å²) in [6, 6.07) is 2.55. The standard InChI is InChI=1S/C20H32N2O2/c1-14(23)6-9-21-17-12-20(7-5-8-20)24-18-16(17)10-15(13-22-18)11-19(2,3)4/h10,13-14,17,21,23H,5-9,11-12H2,1-4H3. The van der Waals surface area contributed by atoms with Gasteiger partial charge in [0.1, 0.15) is 5.60 Å². The predicted octanol–water partition coefficient (Wildman–Crippen LogP) is 3.78. The zero-order valence-corrected chi connectivity index (χ0v) is 15.6. The highest BCUT2D eigenvalue weighted by Crippen LogP contribution is 2.48. The summed E-state index contributed by atoms with van der Waals surface area (Å²) in [4.78, 5) is 4.66. The summed E-state index contributed by atoms with van der Waals surface area (Å²) >= 11 is 0. The van der Waals surface area contributed by atoms with E-state index in [-0.39, 0.29) is 23.2 Å². The molecule has 1 aliphatic carbocycles. The van der Waals surface area contributed by atoms with Gasteiger partial charge in [0, 0.05) is 24.2 Å². The van der Waals surface area contributed by atoms with Crippen LogP contribution in [0.1, 0.15) is 77.0 Å². The van der Waals surface area contributed by atoms with Gasteiger partial charge in [0.15, 0.2) is 0 Å². The molecule has 0 amide bonds. The minimum atomic E-state index is -0.264. The van der Waals surface area contributed by atoms with E-state index < -0.39 is 0 Å². The van der Waals surface area contributed by atoms with Gasteiger partial charge in [-0.15, -0.1) is 0 Å². The molecule has 1 spiro atoms. The van der Waals surface area contributed by atoms with Gasteiger partial charge in [0.25, 0.3) is 0 Å². The first-order chi connectivity index (χ1) is 11.3. The summed E-state index contributed by atoms with van der Waals surface area (Å²) in [6.07, 6.45) is 8.03. The van der Waals surface area contributed by atoms with Crippen LogP contribution in [0.25, 0.3) is 0 Å². The first-order valence-corrected chi connectivity index (χ1v) is 9.36. The van der Waals surface area contributed by atoms with Crippen LogP contribution in [-0.2, 0) is 6.42 Å². The third-order valence-corrected chi connectivity index (χ3v) is 5.15. The first-order valence-electron chi connectivity index (χ1n) is 9.36. The van der Waals surface area contributed by atoms with Crippen LogP contribution in [0.4, 0.5) is 0 Å². The van der Waals surface area contributed by atoms with Crippen molar-refractivity contribution >= 4 is 0 Å². The molecule has 1 saturated carbocycles. The summed E-state index contributed by atoms with van der Waals surface area (Å²) in [7, 11) is 0. The molecular formula is C20H32N2O2. The molecule has 0 radical (unpaired) electrons. The molecule has 134 valence electrons. The van der Waals surface area contributed by atoms with Crippen LogP contribution in [-0.4, -0.2) is 28.3 Å². The molecule has 1 aromatic rings. The van der Waals surface area contributed by atoms with E-state index in [1.807, 2.05) is 13.1 Å². The summed E-state index contributed by atoms with van der Waals surface area (Å²) in [6.45, 7) is 9.43. The van der Waals surface area contributed by atoms with E-state index in [1.54, 1.807) is 0 Å². The maximum absolute atomic E-state index is 9.53. The topological polar surface area (TPSA) is 54.4 Å². The molecule has 2 heterocycles. The molecule has 2 atom stereocenters. The Kier molecular flexibility index (Phi) is 4.89. The van der Waals surface area contributed by atoms with Gasteiger partial charge in [-0.1, -0.05) is 20.8 Å². The number of rotatable bonds is 5. The van der Waals surface area contributed by atoms with Crippen molar-refractivity contribution in [3.05, 3.63) is 23.4 Å². The second kappa shape index (κ2) is 6.64. The van der Waals surface area contributed by atoms with Gasteiger partial charge in [-0.3, -0.25) is 0 Å². The average molecular weight is 332 g/mol. The molecule has 0 saturated heterocycles. The quantitative estimate of drug-likeness (QED) is 0.861. The van der Waals surface area contributed by atoms with Gasteiger partial charge < -0.3 is 15.2 Å². The van der Waals surface area contributed by atoms with E-state index in [9.17, 15) is 5.11 Å². The van der Waals surface area contributed by atoms with Crippen LogP contribution >= 0.6 is 0 Å². The Balaban J connectivity index is 1.81. The van der Waals surface area contributed by atoms with Gasteiger partial charge in [0.2, 0.25) is 5.88 Å². The molecule has 0 bridgehead atoms. The Hall–Kier alpha value is -1.13. The zero-order chi connectivity index (χ0) is 17.4. The number of ether oxygens (including phenoxy) is 1. The molecular weight excluding hydrogens is 300 g/mol. The summed E-state index contributed by atoms with van der Waals surface area (Å²) in [5, 5.41) is 13.2. The van der Waals surface area contributed by atoms with Gasteiger partial charge in [0.05, 0.1) is 6.10 Å². The van der Waals surface area contributed by atoms with Gasteiger partial charge in [-0.25, -0.2) is 4.98 Å². The number of nitrogens with one attached hydrogen (secondary N) is 1. The van der Waals surface area contributed by atoms with E-state index >= 15 is 0 Å². The lowest BCUT2D eigenvalue weighted by molar-refractivity contribution is -0.0410. The second-order valence-electron chi connectivity index (χ2n) is 8.96. The van der Waals surface area contributed by atoms with Crippen LogP contribution in [0.2, 0.25) is 0 Å². The Morgan fingerprint density at radius 3 is 2.75 bits per heavy atom. The van der Waals surface area contributed by atoms with Gasteiger partial charge >= 0.3 is 0 Å². The van der Waals surface area contributed by atoms with Crippen molar-refractivity contribution < 1.29 is 9.84 Å². The van der Waals surface area contributed by atoms with Crippen LogP contribution in [0.3, 0.4) is 0 Å². The molecule has 4 nitrogen and oxygen atoms in total. The normalized spacial score (nSPS) is 23.3. The van der Waals surface area contributed by atoms with Gasteiger partial charge in [-0.05, 0) is 62.6 Å². The van der Waals surface area contributed by atoms with Crippen molar-refractivity contribution in [2.75, 3.05) is 6.54 Å². The van der Waals surface area contributed by atoms with Crippen molar-refractivity contribution in [1.29, 1.82) is 0 Å². The van der Waals surface area contributed by atoms with Gasteiger partial charge in [-0.2, -0.15) is 0 Å².